The molecule has 2 nitrogen and oxygen atoms in total. The van der Waals surface area contributed by atoms with Gasteiger partial charge in [0.05, 0.1) is 12.7 Å². The van der Waals surface area contributed by atoms with Gasteiger partial charge in [-0.3, -0.25) is 4.79 Å². The van der Waals surface area contributed by atoms with Crippen molar-refractivity contribution in [3.63, 3.8) is 0 Å². The van der Waals surface area contributed by atoms with Crippen LogP contribution in [-0.4, -0.2) is 19.1 Å². The van der Waals surface area contributed by atoms with Crippen molar-refractivity contribution >= 4 is 5.78 Å². The molecule has 82 valence electrons. The van der Waals surface area contributed by atoms with Crippen molar-refractivity contribution < 1.29 is 27.1 Å². The summed E-state index contributed by atoms with van der Waals surface area (Å²) in [6.07, 6.45) is -4.99. The zero-order chi connectivity index (χ0) is 11.6. The van der Waals surface area contributed by atoms with E-state index in [0.717, 1.165) is 25.3 Å². The predicted octanol–water partition coefficient (Wildman–Crippen LogP) is 2.58. The van der Waals surface area contributed by atoms with E-state index in [0.29, 0.717) is 0 Å². The summed E-state index contributed by atoms with van der Waals surface area (Å²) < 4.78 is 53.3. The third kappa shape index (κ3) is 2.45. The van der Waals surface area contributed by atoms with Gasteiger partial charge in [0.2, 0.25) is 0 Å². The molecule has 1 aromatic rings. The van der Waals surface area contributed by atoms with Gasteiger partial charge in [-0.05, 0) is 12.1 Å². The first-order chi connectivity index (χ1) is 6.86. The van der Waals surface area contributed by atoms with Gasteiger partial charge in [-0.1, -0.05) is 0 Å². The van der Waals surface area contributed by atoms with Crippen molar-refractivity contribution in [1.29, 1.82) is 0 Å². The highest BCUT2D eigenvalue weighted by Gasteiger charge is 2.40. The van der Waals surface area contributed by atoms with Crippen molar-refractivity contribution in [2.24, 2.45) is 0 Å². The SMILES string of the molecule is COc1cc(F)ccc1C(=O)C(F)(F)F. The number of hydrogen-bond acceptors (Lipinski definition) is 2. The fraction of sp³-hybridized carbons (Fsp3) is 0.222. The Bertz CT molecular complexity index is 384. The Labute approximate surface area is 82.5 Å². The Morgan fingerprint density at radius 1 is 1.33 bits per heavy atom. The van der Waals surface area contributed by atoms with E-state index < -0.39 is 29.1 Å². The smallest absolute Gasteiger partial charge is 0.455 e. The molecule has 1 aromatic carbocycles. The van der Waals surface area contributed by atoms with Crippen LogP contribution in [-0.2, 0) is 0 Å². The van der Waals surface area contributed by atoms with Gasteiger partial charge >= 0.3 is 6.18 Å². The number of hydrogen-bond donors (Lipinski definition) is 0. The molecule has 0 heterocycles. The van der Waals surface area contributed by atoms with Gasteiger partial charge in [0.15, 0.2) is 0 Å². The molecule has 0 aliphatic heterocycles. The Morgan fingerprint density at radius 2 is 1.93 bits per heavy atom. The number of ether oxygens (including phenoxy) is 1. The molecule has 0 aromatic heterocycles. The summed E-state index contributed by atoms with van der Waals surface area (Å²) in [4.78, 5) is 10.8. The maximum absolute atomic E-state index is 12.6. The van der Waals surface area contributed by atoms with Crippen LogP contribution in [0.5, 0.6) is 5.75 Å². The van der Waals surface area contributed by atoms with Gasteiger partial charge in [-0.2, -0.15) is 13.2 Å². The largest absolute Gasteiger partial charge is 0.496 e. The summed E-state index contributed by atoms with van der Waals surface area (Å²) in [7, 11) is 1.06. The molecule has 0 fully saturated rings. The summed E-state index contributed by atoms with van der Waals surface area (Å²) in [5.41, 5.74) is -0.702. The van der Waals surface area contributed by atoms with Gasteiger partial charge in [-0.15, -0.1) is 0 Å². The Balaban J connectivity index is 3.20. The fourth-order valence-corrected chi connectivity index (χ4v) is 1.01. The standard InChI is InChI=1S/C9H6F4O2/c1-15-7-4-5(10)2-3-6(7)8(14)9(11,12)13/h2-4H,1H3. The lowest BCUT2D eigenvalue weighted by molar-refractivity contribution is -0.0886. The van der Waals surface area contributed by atoms with Crippen LogP contribution in [0.2, 0.25) is 0 Å². The minimum Gasteiger partial charge on any atom is -0.496 e. The van der Waals surface area contributed by atoms with E-state index in [-0.39, 0.29) is 0 Å². The van der Waals surface area contributed by atoms with Crippen LogP contribution in [0.3, 0.4) is 0 Å². The summed E-state index contributed by atoms with van der Waals surface area (Å²) in [6, 6.07) is 2.23. The molecular formula is C9H6F4O2. The molecule has 0 unspecified atom stereocenters. The maximum atomic E-state index is 12.6. The molecule has 15 heavy (non-hydrogen) atoms. The van der Waals surface area contributed by atoms with Gasteiger partial charge in [0, 0.05) is 6.07 Å². The van der Waals surface area contributed by atoms with Crippen molar-refractivity contribution in [1.82, 2.24) is 0 Å². The number of carbonyl (C=O) groups excluding carboxylic acids is 1. The molecule has 0 bridgehead atoms. The average Bonchev–Trinajstić information content (AvgIpc) is 2.15. The number of rotatable bonds is 2. The minimum absolute atomic E-state index is 0.433. The molecular weight excluding hydrogens is 216 g/mol. The topological polar surface area (TPSA) is 26.3 Å². The molecule has 0 amide bonds. The van der Waals surface area contributed by atoms with E-state index in [9.17, 15) is 22.4 Å². The predicted molar refractivity (Wildman–Crippen MR) is 43.3 cm³/mol. The first-order valence-corrected chi connectivity index (χ1v) is 3.81. The monoisotopic (exact) mass is 222 g/mol. The van der Waals surface area contributed by atoms with Crippen molar-refractivity contribution in [2.75, 3.05) is 7.11 Å². The molecule has 0 aliphatic rings. The number of carbonyl (C=O) groups is 1. The lowest BCUT2D eigenvalue weighted by Gasteiger charge is -2.09. The molecule has 0 spiro atoms. The molecule has 0 radical (unpaired) electrons. The van der Waals surface area contributed by atoms with Crippen LogP contribution < -0.4 is 4.74 Å². The van der Waals surface area contributed by atoms with Crippen LogP contribution >= 0.6 is 0 Å². The normalized spacial score (nSPS) is 11.3. The second-order valence-electron chi connectivity index (χ2n) is 2.67. The highest BCUT2D eigenvalue weighted by atomic mass is 19.4. The van der Waals surface area contributed by atoms with E-state index >= 15 is 0 Å². The average molecular weight is 222 g/mol. The molecule has 1 rings (SSSR count). The zero-order valence-corrected chi connectivity index (χ0v) is 7.56. The Hall–Kier alpha value is -1.59. The van der Waals surface area contributed by atoms with Gasteiger partial charge < -0.3 is 4.74 Å². The van der Waals surface area contributed by atoms with E-state index in [1.807, 2.05) is 0 Å². The quantitative estimate of drug-likeness (QED) is 0.567. The zero-order valence-electron chi connectivity index (χ0n) is 7.56. The van der Waals surface area contributed by atoms with Crippen LogP contribution in [0, 0.1) is 5.82 Å². The minimum atomic E-state index is -4.99. The first kappa shape index (κ1) is 11.5. The number of Topliss-reactive ketones (excluding diaryl/α,β-unsaturated/α-hetero) is 1. The van der Waals surface area contributed by atoms with Crippen molar-refractivity contribution in [3.05, 3.63) is 29.6 Å². The van der Waals surface area contributed by atoms with Crippen LogP contribution in [0.25, 0.3) is 0 Å². The number of methoxy groups -OCH3 is 1. The third-order valence-corrected chi connectivity index (χ3v) is 1.67. The highest BCUT2D eigenvalue weighted by Crippen LogP contribution is 2.27. The Morgan fingerprint density at radius 3 is 2.40 bits per heavy atom. The molecule has 0 saturated carbocycles. The van der Waals surface area contributed by atoms with Crippen molar-refractivity contribution in [3.8, 4) is 5.75 Å². The summed E-state index contributed by atoms with van der Waals surface area (Å²) in [5.74, 6) is -3.26. The Kier molecular flexibility index (Phi) is 2.97. The van der Waals surface area contributed by atoms with E-state index in [2.05, 4.69) is 4.74 Å². The number of benzene rings is 1. The molecule has 0 saturated heterocycles. The maximum Gasteiger partial charge on any atom is 0.455 e. The van der Waals surface area contributed by atoms with E-state index in [1.54, 1.807) is 0 Å². The van der Waals surface area contributed by atoms with Crippen LogP contribution in [0.15, 0.2) is 18.2 Å². The molecule has 6 heteroatoms. The van der Waals surface area contributed by atoms with Gasteiger partial charge in [0.1, 0.15) is 11.6 Å². The summed E-state index contributed by atoms with van der Waals surface area (Å²) in [6.45, 7) is 0. The molecule has 0 N–H and O–H groups in total. The fourth-order valence-electron chi connectivity index (χ4n) is 1.01. The van der Waals surface area contributed by atoms with Crippen molar-refractivity contribution in [2.45, 2.75) is 6.18 Å². The van der Waals surface area contributed by atoms with Crippen LogP contribution in [0.1, 0.15) is 10.4 Å². The number of halogens is 4. The van der Waals surface area contributed by atoms with Gasteiger partial charge in [0.25, 0.3) is 5.78 Å². The molecule has 0 atom stereocenters. The second kappa shape index (κ2) is 3.88. The summed E-state index contributed by atoms with van der Waals surface area (Å²) in [5, 5.41) is 0. The first-order valence-electron chi connectivity index (χ1n) is 3.81. The number of ketones is 1. The van der Waals surface area contributed by atoms with E-state index in [1.165, 1.54) is 0 Å². The van der Waals surface area contributed by atoms with E-state index in [4.69, 9.17) is 0 Å². The van der Waals surface area contributed by atoms with Gasteiger partial charge in [-0.25, -0.2) is 4.39 Å². The highest BCUT2D eigenvalue weighted by molar-refractivity contribution is 6.02. The lowest BCUT2D eigenvalue weighted by Crippen LogP contribution is -2.23. The summed E-state index contributed by atoms with van der Waals surface area (Å²) >= 11 is 0. The third-order valence-electron chi connectivity index (χ3n) is 1.67. The number of alkyl halides is 3. The van der Waals surface area contributed by atoms with Crippen LogP contribution in [0.4, 0.5) is 17.6 Å². The molecule has 0 aliphatic carbocycles. The lowest BCUT2D eigenvalue weighted by atomic mass is 10.1. The second-order valence-corrected chi connectivity index (χ2v) is 2.67.